The number of morpholine rings is 1. The van der Waals surface area contributed by atoms with Gasteiger partial charge in [-0.2, -0.15) is 0 Å². The smallest absolute Gasteiger partial charge is 0.137 e. The van der Waals surface area contributed by atoms with E-state index in [9.17, 15) is 0 Å². The van der Waals surface area contributed by atoms with Crippen LogP contribution in [0.25, 0.3) is 0 Å². The number of ether oxygens (including phenoxy) is 1. The molecule has 1 aliphatic heterocycles. The summed E-state index contributed by atoms with van der Waals surface area (Å²) in [7, 11) is 1.89. The Labute approximate surface area is 109 Å². The lowest BCUT2D eigenvalue weighted by Crippen LogP contribution is -2.49. The van der Waals surface area contributed by atoms with E-state index < -0.39 is 0 Å². The molecule has 18 heavy (non-hydrogen) atoms. The predicted molar refractivity (Wildman–Crippen MR) is 73.3 cm³/mol. The van der Waals surface area contributed by atoms with E-state index >= 15 is 0 Å². The Morgan fingerprint density at radius 3 is 2.61 bits per heavy atom. The highest BCUT2D eigenvalue weighted by molar-refractivity contribution is 5.58. The monoisotopic (exact) mass is 250 g/mol. The molecule has 5 heteroatoms. The molecule has 0 atom stereocenters. The van der Waals surface area contributed by atoms with Gasteiger partial charge in [-0.25, -0.2) is 9.97 Å². The van der Waals surface area contributed by atoms with Crippen LogP contribution in [-0.4, -0.2) is 42.3 Å². The molecule has 0 aromatic carbocycles. The van der Waals surface area contributed by atoms with Gasteiger partial charge in [-0.3, -0.25) is 0 Å². The minimum absolute atomic E-state index is 0.122. The number of hydrogen-bond acceptors (Lipinski definition) is 5. The number of hydrogen-bond donors (Lipinski definition) is 1. The van der Waals surface area contributed by atoms with Crippen molar-refractivity contribution < 1.29 is 4.74 Å². The van der Waals surface area contributed by atoms with Crippen molar-refractivity contribution in [1.82, 2.24) is 9.97 Å². The molecule has 0 amide bonds. The van der Waals surface area contributed by atoms with Gasteiger partial charge >= 0.3 is 0 Å². The molecule has 1 aromatic heterocycles. The fourth-order valence-corrected chi connectivity index (χ4v) is 2.36. The van der Waals surface area contributed by atoms with E-state index in [1.807, 2.05) is 14.0 Å². The van der Waals surface area contributed by atoms with Crippen molar-refractivity contribution in [3.8, 4) is 0 Å². The lowest BCUT2D eigenvalue weighted by molar-refractivity contribution is -0.0279. The predicted octanol–water partition coefficient (Wildman–Crippen LogP) is 1.75. The van der Waals surface area contributed by atoms with Crippen molar-refractivity contribution >= 4 is 11.6 Å². The third-order valence-electron chi connectivity index (χ3n) is 3.19. The Hall–Kier alpha value is -1.36. The van der Waals surface area contributed by atoms with Crippen molar-refractivity contribution in [2.75, 3.05) is 37.0 Å². The van der Waals surface area contributed by atoms with Crippen LogP contribution in [0.1, 0.15) is 25.2 Å². The molecular weight excluding hydrogens is 228 g/mol. The Bertz CT molecular complexity index is 445. The second kappa shape index (κ2) is 4.72. The van der Waals surface area contributed by atoms with Crippen LogP contribution >= 0.6 is 0 Å². The van der Waals surface area contributed by atoms with Gasteiger partial charge in [0.1, 0.15) is 17.5 Å². The van der Waals surface area contributed by atoms with E-state index in [-0.39, 0.29) is 5.60 Å². The molecule has 100 valence electrons. The molecule has 0 unspecified atom stereocenters. The summed E-state index contributed by atoms with van der Waals surface area (Å²) < 4.78 is 5.74. The van der Waals surface area contributed by atoms with Crippen LogP contribution in [0.3, 0.4) is 0 Å². The number of aryl methyl sites for hydroxylation is 1. The average Bonchev–Trinajstić information content (AvgIpc) is 2.30. The molecule has 1 saturated heterocycles. The van der Waals surface area contributed by atoms with Crippen LogP contribution in [0, 0.1) is 13.8 Å². The van der Waals surface area contributed by atoms with Gasteiger partial charge < -0.3 is 15.0 Å². The summed E-state index contributed by atoms with van der Waals surface area (Å²) in [4.78, 5) is 11.3. The summed E-state index contributed by atoms with van der Waals surface area (Å²) in [5, 5.41) is 3.13. The third-order valence-corrected chi connectivity index (χ3v) is 3.19. The fourth-order valence-electron chi connectivity index (χ4n) is 2.36. The van der Waals surface area contributed by atoms with Gasteiger partial charge in [0.15, 0.2) is 0 Å². The van der Waals surface area contributed by atoms with Gasteiger partial charge in [0, 0.05) is 25.7 Å². The number of nitrogens with zero attached hydrogens (tertiary/aromatic N) is 3. The first kappa shape index (κ1) is 13.1. The van der Waals surface area contributed by atoms with Crippen LogP contribution in [0.2, 0.25) is 0 Å². The molecule has 1 fully saturated rings. The largest absolute Gasteiger partial charge is 0.373 e. The van der Waals surface area contributed by atoms with Crippen molar-refractivity contribution in [2.24, 2.45) is 0 Å². The number of anilines is 2. The zero-order valence-electron chi connectivity index (χ0n) is 11.9. The molecule has 1 aromatic rings. The SMILES string of the molecule is CNc1nc(C)nc(N2CCOC(C)(C)C2)c1C. The molecule has 0 spiro atoms. The molecule has 1 aliphatic rings. The molecule has 0 saturated carbocycles. The molecular formula is C13H22N4O. The maximum Gasteiger partial charge on any atom is 0.137 e. The first-order valence-electron chi connectivity index (χ1n) is 6.35. The topological polar surface area (TPSA) is 50.3 Å². The van der Waals surface area contributed by atoms with E-state index in [0.717, 1.165) is 42.7 Å². The Morgan fingerprint density at radius 2 is 2.00 bits per heavy atom. The van der Waals surface area contributed by atoms with Crippen LogP contribution in [0.4, 0.5) is 11.6 Å². The molecule has 2 heterocycles. The third kappa shape index (κ3) is 2.56. The van der Waals surface area contributed by atoms with E-state index in [4.69, 9.17) is 4.74 Å². The fraction of sp³-hybridized carbons (Fsp3) is 0.692. The van der Waals surface area contributed by atoms with Gasteiger partial charge in [0.05, 0.1) is 12.2 Å². The summed E-state index contributed by atoms with van der Waals surface area (Å²) in [6.45, 7) is 10.7. The Balaban J connectivity index is 2.35. The zero-order chi connectivity index (χ0) is 13.3. The second-order valence-corrected chi connectivity index (χ2v) is 5.35. The van der Waals surface area contributed by atoms with Crippen molar-refractivity contribution in [1.29, 1.82) is 0 Å². The van der Waals surface area contributed by atoms with Crippen molar-refractivity contribution in [3.63, 3.8) is 0 Å². The second-order valence-electron chi connectivity index (χ2n) is 5.35. The van der Waals surface area contributed by atoms with Gasteiger partial charge in [-0.15, -0.1) is 0 Å². The molecule has 0 radical (unpaired) electrons. The highest BCUT2D eigenvalue weighted by Gasteiger charge is 2.29. The molecule has 0 bridgehead atoms. The number of aromatic nitrogens is 2. The van der Waals surface area contributed by atoms with E-state index in [1.165, 1.54) is 0 Å². The van der Waals surface area contributed by atoms with Crippen molar-refractivity contribution in [3.05, 3.63) is 11.4 Å². The standard InChI is InChI=1S/C13H22N4O/c1-9-11(14-5)15-10(2)16-12(9)17-6-7-18-13(3,4)8-17/h6-8H2,1-5H3,(H,14,15,16). The summed E-state index contributed by atoms with van der Waals surface area (Å²) >= 11 is 0. The van der Waals surface area contributed by atoms with Gasteiger partial charge in [0.2, 0.25) is 0 Å². The van der Waals surface area contributed by atoms with Crippen LogP contribution in [0.15, 0.2) is 0 Å². The minimum Gasteiger partial charge on any atom is -0.373 e. The van der Waals surface area contributed by atoms with Gasteiger partial charge in [0.25, 0.3) is 0 Å². The first-order chi connectivity index (χ1) is 8.43. The highest BCUT2D eigenvalue weighted by Crippen LogP contribution is 2.27. The van der Waals surface area contributed by atoms with E-state index in [1.54, 1.807) is 0 Å². The van der Waals surface area contributed by atoms with Gasteiger partial charge in [-0.1, -0.05) is 0 Å². The Morgan fingerprint density at radius 1 is 1.28 bits per heavy atom. The minimum atomic E-state index is -0.122. The molecule has 5 nitrogen and oxygen atoms in total. The van der Waals surface area contributed by atoms with E-state index in [2.05, 4.69) is 41.0 Å². The maximum atomic E-state index is 5.74. The summed E-state index contributed by atoms with van der Waals surface area (Å²) in [6, 6.07) is 0. The maximum absolute atomic E-state index is 5.74. The summed E-state index contributed by atoms with van der Waals surface area (Å²) in [6.07, 6.45) is 0. The number of nitrogens with one attached hydrogen (secondary N) is 1. The molecule has 2 rings (SSSR count). The lowest BCUT2D eigenvalue weighted by Gasteiger charge is -2.39. The van der Waals surface area contributed by atoms with E-state index in [0.29, 0.717) is 0 Å². The Kier molecular flexibility index (Phi) is 3.43. The van der Waals surface area contributed by atoms with Gasteiger partial charge in [-0.05, 0) is 27.7 Å². The van der Waals surface area contributed by atoms with Crippen molar-refractivity contribution in [2.45, 2.75) is 33.3 Å². The molecule has 0 aliphatic carbocycles. The van der Waals surface area contributed by atoms with Crippen LogP contribution in [-0.2, 0) is 4.74 Å². The van der Waals surface area contributed by atoms with Crippen LogP contribution in [0.5, 0.6) is 0 Å². The summed E-state index contributed by atoms with van der Waals surface area (Å²) in [5.41, 5.74) is 0.976. The quantitative estimate of drug-likeness (QED) is 0.866. The van der Waals surface area contributed by atoms with Crippen LogP contribution < -0.4 is 10.2 Å². The number of rotatable bonds is 2. The normalized spacial score (nSPS) is 18.8. The average molecular weight is 250 g/mol. The first-order valence-corrected chi connectivity index (χ1v) is 6.35. The molecule has 1 N–H and O–H groups in total. The highest BCUT2D eigenvalue weighted by atomic mass is 16.5. The summed E-state index contributed by atoms with van der Waals surface area (Å²) in [5.74, 6) is 2.72. The lowest BCUT2D eigenvalue weighted by atomic mass is 10.1. The zero-order valence-corrected chi connectivity index (χ0v) is 11.9.